The molecule has 4 saturated carbocycles. The number of esters is 2. The van der Waals surface area contributed by atoms with E-state index in [4.69, 9.17) is 61.6 Å². The van der Waals surface area contributed by atoms with Crippen molar-refractivity contribution in [2.75, 3.05) is 48.3 Å². The fourth-order valence-corrected chi connectivity index (χ4v) is 13.2. The topological polar surface area (TPSA) is 437 Å². The molecule has 4 aliphatic heterocycles. The molecular weight excluding hydrogens is 1120 g/mol. The molecule has 0 aromatic carbocycles. The second-order valence-corrected chi connectivity index (χ2v) is 23.6. The molecule has 29 heteroatoms. The fraction of sp³-hybridized carbons (Fsp3) is 0.891. The highest BCUT2D eigenvalue weighted by Gasteiger charge is 2.55. The van der Waals surface area contributed by atoms with E-state index in [1.165, 1.54) is 40.6 Å². The molecule has 14 N–H and O–H groups in total. The first kappa shape index (κ1) is 67.4. The van der Waals surface area contributed by atoms with Gasteiger partial charge in [0.2, 0.25) is 0 Å². The number of hydrogen-bond acceptors (Lipinski definition) is 29. The van der Waals surface area contributed by atoms with Gasteiger partial charge in [0.05, 0.1) is 73.8 Å². The summed E-state index contributed by atoms with van der Waals surface area (Å²) in [5.74, 6) is -3.37. The molecule has 0 radical (unpaired) electrons. The van der Waals surface area contributed by atoms with E-state index in [1.54, 1.807) is 12.2 Å². The van der Waals surface area contributed by atoms with E-state index in [1.807, 2.05) is 0 Å². The summed E-state index contributed by atoms with van der Waals surface area (Å²) in [6.45, 7) is -1.91. The number of allylic oxidation sites excluding steroid dienone is 2. The van der Waals surface area contributed by atoms with Gasteiger partial charge < -0.3 is 133 Å². The third-order valence-corrected chi connectivity index (χ3v) is 18.2. The molecule has 0 aromatic heterocycles. The number of ether oxygens (including phenoxy) is 13. The normalized spacial score (nSPS) is 48.6. The average molecular weight is 1210 g/mol. The molecule has 482 valence electrons. The van der Waals surface area contributed by atoms with Gasteiger partial charge in [0, 0.05) is 59.4 Å². The van der Waals surface area contributed by atoms with Crippen LogP contribution in [-0.4, -0.2) is 303 Å². The average Bonchev–Trinajstić information content (AvgIpc) is 2.27. The van der Waals surface area contributed by atoms with E-state index in [-0.39, 0.29) is 50.4 Å². The van der Waals surface area contributed by atoms with Crippen LogP contribution in [0.3, 0.4) is 0 Å². The van der Waals surface area contributed by atoms with E-state index in [0.29, 0.717) is 25.7 Å². The zero-order valence-electron chi connectivity index (χ0n) is 47.4. The van der Waals surface area contributed by atoms with E-state index in [9.17, 15) is 81.1 Å². The molecule has 4 saturated heterocycles. The molecule has 4 aliphatic carbocycles. The highest BCUT2D eigenvalue weighted by molar-refractivity contribution is 5.82. The Kier molecular flexibility index (Phi) is 24.3. The van der Waals surface area contributed by atoms with Crippen molar-refractivity contribution in [2.24, 2.45) is 23.7 Å². The molecule has 28 atom stereocenters. The van der Waals surface area contributed by atoms with Crippen molar-refractivity contribution >= 4 is 11.9 Å². The SMILES string of the molecule is COC1CC(C=CC(=O)OCC2OC(OC3CC(O)C4CC(OC5OC(CO)C(O)C(O)C5O)C(C5CCC(O)C(OC6OC(COC(=O)C=CC7CC(OC)C(O)C(OC)C7)C(O)C(O)C6O)C5)OC4C3)C(O)C(O)C2O)CC(OC)C1O. The third kappa shape index (κ3) is 15.7. The Morgan fingerprint density at radius 2 is 0.857 bits per heavy atom. The van der Waals surface area contributed by atoms with Crippen LogP contribution in [0.4, 0.5) is 0 Å². The van der Waals surface area contributed by atoms with Gasteiger partial charge in [-0.15, -0.1) is 0 Å². The molecule has 0 amide bonds. The smallest absolute Gasteiger partial charge is 0.330 e. The minimum absolute atomic E-state index is 0.0239. The first-order valence-electron chi connectivity index (χ1n) is 28.9. The van der Waals surface area contributed by atoms with Crippen molar-refractivity contribution in [2.45, 2.75) is 236 Å². The van der Waals surface area contributed by atoms with Gasteiger partial charge in [-0.1, -0.05) is 12.2 Å². The Bertz CT molecular complexity index is 2100. The van der Waals surface area contributed by atoms with Crippen LogP contribution in [0.2, 0.25) is 0 Å². The Hall–Kier alpha value is -2.58. The number of fused-ring (bicyclic) bond motifs is 1. The zero-order chi connectivity index (χ0) is 60.8. The summed E-state index contributed by atoms with van der Waals surface area (Å²) in [5, 5.41) is 152. The van der Waals surface area contributed by atoms with Crippen molar-refractivity contribution in [1.29, 1.82) is 0 Å². The predicted octanol–water partition coefficient (Wildman–Crippen LogP) is -5.55. The molecule has 4 heterocycles. The summed E-state index contributed by atoms with van der Waals surface area (Å²) in [6, 6.07) is 0. The highest BCUT2D eigenvalue weighted by atomic mass is 16.7. The standard InChI is InChI=1S/C55H88O29/c1-72-31-11-22(12-32(73-2)41(31)61)5-9-39(59)76-20-37-44(64)47(67)49(69)53(83-37)78-25-16-28(58)26-18-35(81-55-50(70)46(66)43(63)36(19-56)82-55)52(79-29(26)17-25)24-7-8-27(57)30(15-24)80-54-51(71)48(68)45(65)38(84-54)21-77-40(60)10-6-23-13-33(74-3)42(62)34(14-23)75-4/h5-6,9-10,22-38,41-58,61-71H,7-8,11-21H2,1-4H3. The van der Waals surface area contributed by atoms with Gasteiger partial charge in [0.25, 0.3) is 0 Å². The van der Waals surface area contributed by atoms with E-state index < -0.39 is 215 Å². The summed E-state index contributed by atoms with van der Waals surface area (Å²) in [4.78, 5) is 25.8. The number of aliphatic hydroxyl groups excluding tert-OH is 14. The molecule has 8 aliphatic rings. The Morgan fingerprint density at radius 3 is 1.31 bits per heavy atom. The summed E-state index contributed by atoms with van der Waals surface area (Å²) < 4.78 is 75.4. The molecule has 8 fully saturated rings. The number of methoxy groups -OCH3 is 4. The van der Waals surface area contributed by atoms with Crippen LogP contribution in [0.5, 0.6) is 0 Å². The van der Waals surface area contributed by atoms with Gasteiger partial charge in [-0.25, -0.2) is 9.59 Å². The van der Waals surface area contributed by atoms with Crippen LogP contribution in [0, 0.1) is 23.7 Å². The first-order valence-corrected chi connectivity index (χ1v) is 28.9. The molecule has 0 bridgehead atoms. The van der Waals surface area contributed by atoms with Crippen LogP contribution in [-0.2, 0) is 71.2 Å². The lowest BCUT2D eigenvalue weighted by molar-refractivity contribution is -0.341. The number of carbonyl (C=O) groups is 2. The van der Waals surface area contributed by atoms with Crippen molar-refractivity contribution in [3.8, 4) is 0 Å². The fourth-order valence-electron chi connectivity index (χ4n) is 13.2. The minimum Gasteiger partial charge on any atom is -0.460 e. The van der Waals surface area contributed by atoms with Gasteiger partial charge >= 0.3 is 11.9 Å². The predicted molar refractivity (Wildman–Crippen MR) is 278 cm³/mol. The molecule has 8 rings (SSSR count). The van der Waals surface area contributed by atoms with E-state index in [2.05, 4.69) is 0 Å². The second-order valence-electron chi connectivity index (χ2n) is 23.6. The quantitative estimate of drug-likeness (QED) is 0.0399. The van der Waals surface area contributed by atoms with E-state index in [0.717, 1.165) is 0 Å². The lowest BCUT2D eigenvalue weighted by Crippen LogP contribution is -2.63. The van der Waals surface area contributed by atoms with Crippen LogP contribution in [0.15, 0.2) is 24.3 Å². The van der Waals surface area contributed by atoms with Crippen LogP contribution in [0.25, 0.3) is 0 Å². The largest absolute Gasteiger partial charge is 0.460 e. The van der Waals surface area contributed by atoms with Gasteiger partial charge in [0.15, 0.2) is 18.9 Å². The maximum absolute atomic E-state index is 12.9. The first-order chi connectivity index (χ1) is 40.1. The molecular formula is C55H88O29. The second kappa shape index (κ2) is 30.3. The highest BCUT2D eigenvalue weighted by Crippen LogP contribution is 2.45. The van der Waals surface area contributed by atoms with Crippen molar-refractivity contribution in [3.05, 3.63) is 24.3 Å². The van der Waals surface area contributed by atoms with Crippen molar-refractivity contribution in [3.63, 3.8) is 0 Å². The van der Waals surface area contributed by atoms with Gasteiger partial charge in [-0.05, 0) is 69.1 Å². The Balaban J connectivity index is 0.921. The number of hydrogen-bond donors (Lipinski definition) is 14. The lowest BCUT2D eigenvalue weighted by Gasteiger charge is -2.52. The lowest BCUT2D eigenvalue weighted by atomic mass is 9.72. The van der Waals surface area contributed by atoms with Crippen LogP contribution < -0.4 is 0 Å². The van der Waals surface area contributed by atoms with E-state index >= 15 is 0 Å². The minimum atomic E-state index is -1.86. The molecule has 29 nitrogen and oxygen atoms in total. The number of rotatable bonds is 20. The monoisotopic (exact) mass is 1210 g/mol. The summed E-state index contributed by atoms with van der Waals surface area (Å²) in [6.07, 6.45) is -29.1. The van der Waals surface area contributed by atoms with Gasteiger partial charge in [-0.3, -0.25) is 0 Å². The third-order valence-electron chi connectivity index (χ3n) is 18.2. The zero-order valence-corrected chi connectivity index (χ0v) is 47.4. The molecule has 0 spiro atoms. The molecule has 28 unspecified atom stereocenters. The summed E-state index contributed by atoms with van der Waals surface area (Å²) >= 11 is 0. The van der Waals surface area contributed by atoms with Crippen LogP contribution >= 0.6 is 0 Å². The number of aliphatic hydroxyl groups is 14. The Morgan fingerprint density at radius 1 is 0.429 bits per heavy atom. The van der Waals surface area contributed by atoms with Crippen LogP contribution in [0.1, 0.15) is 64.2 Å². The van der Waals surface area contributed by atoms with Crippen molar-refractivity contribution in [1.82, 2.24) is 0 Å². The Labute approximate surface area is 485 Å². The number of carbonyl (C=O) groups excluding carboxylic acids is 2. The summed E-state index contributed by atoms with van der Waals surface area (Å²) in [5.41, 5.74) is 0. The maximum atomic E-state index is 12.9. The molecule has 84 heavy (non-hydrogen) atoms. The van der Waals surface area contributed by atoms with Gasteiger partial charge in [0.1, 0.15) is 98.7 Å². The summed E-state index contributed by atoms with van der Waals surface area (Å²) in [7, 11) is 5.84. The molecule has 0 aromatic rings. The maximum Gasteiger partial charge on any atom is 0.330 e. The van der Waals surface area contributed by atoms with Crippen molar-refractivity contribution < 1.29 is 143 Å². The van der Waals surface area contributed by atoms with Gasteiger partial charge in [-0.2, -0.15) is 0 Å².